The Morgan fingerprint density at radius 3 is 2.94 bits per heavy atom. The van der Waals surface area contributed by atoms with E-state index in [4.69, 9.17) is 0 Å². The van der Waals surface area contributed by atoms with Gasteiger partial charge in [0.1, 0.15) is 0 Å². The Morgan fingerprint density at radius 2 is 2.28 bits per heavy atom. The van der Waals surface area contributed by atoms with E-state index in [1.54, 1.807) is 0 Å². The molecule has 1 fully saturated rings. The van der Waals surface area contributed by atoms with Gasteiger partial charge >= 0.3 is 0 Å². The molecule has 1 aliphatic rings. The molecule has 5 heteroatoms. The van der Waals surface area contributed by atoms with Crippen LogP contribution in [0.1, 0.15) is 28.8 Å². The Labute approximate surface area is 128 Å². The fourth-order valence-electron chi connectivity index (χ4n) is 2.06. The van der Waals surface area contributed by atoms with Crippen LogP contribution in [0.2, 0.25) is 0 Å². The van der Waals surface area contributed by atoms with Gasteiger partial charge in [-0.15, -0.1) is 12.4 Å². The minimum absolute atomic E-state index is 0. The molecule has 100 valence electrons. The Morgan fingerprint density at radius 1 is 1.50 bits per heavy atom. The van der Waals surface area contributed by atoms with Crippen molar-refractivity contribution < 1.29 is 4.79 Å². The maximum absolute atomic E-state index is 12.1. The first-order valence-electron chi connectivity index (χ1n) is 5.95. The molecule has 1 aromatic carbocycles. The second-order valence-electron chi connectivity index (χ2n) is 4.45. The average molecular weight is 381 g/mol. The smallest absolute Gasteiger partial charge is 0.252 e. The van der Waals surface area contributed by atoms with Gasteiger partial charge in [0.2, 0.25) is 0 Å². The first kappa shape index (κ1) is 15.7. The van der Waals surface area contributed by atoms with Crippen molar-refractivity contribution in [2.24, 2.45) is 0 Å². The zero-order chi connectivity index (χ0) is 12.3. The van der Waals surface area contributed by atoms with Crippen molar-refractivity contribution in [2.75, 3.05) is 13.1 Å². The summed E-state index contributed by atoms with van der Waals surface area (Å²) in [6.45, 7) is 3.98. The van der Waals surface area contributed by atoms with Crippen molar-refractivity contribution >= 4 is 40.9 Å². The lowest BCUT2D eigenvalue weighted by molar-refractivity contribution is 0.0929. The standard InChI is InChI=1S/C13H17IN2O.ClH/c1-9-4-2-6-11(12(9)14)13(17)16-10-5-3-7-15-8-10;/h2,4,6,10,15H,3,5,7-8H2,1H3,(H,16,17);1H. The largest absolute Gasteiger partial charge is 0.348 e. The Bertz CT molecular complexity index is 419. The monoisotopic (exact) mass is 380 g/mol. The van der Waals surface area contributed by atoms with Gasteiger partial charge in [-0.1, -0.05) is 12.1 Å². The van der Waals surface area contributed by atoms with Crippen molar-refractivity contribution in [1.29, 1.82) is 0 Å². The van der Waals surface area contributed by atoms with Crippen molar-refractivity contribution in [2.45, 2.75) is 25.8 Å². The molecule has 0 aliphatic carbocycles. The van der Waals surface area contributed by atoms with Gasteiger partial charge in [0.25, 0.3) is 5.91 Å². The van der Waals surface area contributed by atoms with Gasteiger partial charge in [-0.2, -0.15) is 0 Å². The normalized spacial score (nSPS) is 18.9. The number of carbonyl (C=O) groups is 1. The van der Waals surface area contributed by atoms with Crippen LogP contribution in [0.3, 0.4) is 0 Å². The topological polar surface area (TPSA) is 41.1 Å². The molecule has 1 heterocycles. The highest BCUT2D eigenvalue weighted by atomic mass is 127. The van der Waals surface area contributed by atoms with E-state index in [2.05, 4.69) is 33.2 Å². The molecule has 0 bridgehead atoms. The van der Waals surface area contributed by atoms with Crippen LogP contribution in [0.5, 0.6) is 0 Å². The summed E-state index contributed by atoms with van der Waals surface area (Å²) in [4.78, 5) is 12.1. The number of amides is 1. The summed E-state index contributed by atoms with van der Waals surface area (Å²) in [5.74, 6) is 0.0480. The molecule has 1 atom stereocenters. The lowest BCUT2D eigenvalue weighted by Gasteiger charge is -2.24. The molecule has 1 amide bonds. The fourth-order valence-corrected chi connectivity index (χ4v) is 2.67. The molecule has 1 aromatic rings. The molecule has 0 saturated carbocycles. The van der Waals surface area contributed by atoms with E-state index in [0.717, 1.165) is 40.6 Å². The highest BCUT2D eigenvalue weighted by molar-refractivity contribution is 14.1. The molecule has 3 nitrogen and oxygen atoms in total. The Kier molecular flexibility index (Phi) is 6.38. The molecular weight excluding hydrogens is 363 g/mol. The van der Waals surface area contributed by atoms with Crippen LogP contribution in [-0.4, -0.2) is 25.0 Å². The van der Waals surface area contributed by atoms with Crippen LogP contribution in [0.25, 0.3) is 0 Å². The maximum atomic E-state index is 12.1. The third-order valence-electron chi connectivity index (χ3n) is 3.07. The molecule has 18 heavy (non-hydrogen) atoms. The summed E-state index contributed by atoms with van der Waals surface area (Å²) >= 11 is 2.24. The molecule has 2 N–H and O–H groups in total. The van der Waals surface area contributed by atoms with Gasteiger partial charge in [-0.05, 0) is 60.5 Å². The first-order chi connectivity index (χ1) is 8.18. The van der Waals surface area contributed by atoms with Crippen LogP contribution >= 0.6 is 35.0 Å². The fraction of sp³-hybridized carbons (Fsp3) is 0.462. The predicted molar refractivity (Wildman–Crippen MR) is 84.5 cm³/mol. The first-order valence-corrected chi connectivity index (χ1v) is 7.03. The van der Waals surface area contributed by atoms with Crippen molar-refractivity contribution in [3.63, 3.8) is 0 Å². The van der Waals surface area contributed by atoms with E-state index in [1.165, 1.54) is 0 Å². The second kappa shape index (κ2) is 7.31. The molecule has 1 unspecified atom stereocenters. The molecule has 1 saturated heterocycles. The summed E-state index contributed by atoms with van der Waals surface area (Å²) in [6, 6.07) is 6.12. The van der Waals surface area contributed by atoms with Crippen LogP contribution in [0, 0.1) is 10.5 Å². The molecule has 0 aromatic heterocycles. The van der Waals surface area contributed by atoms with Crippen molar-refractivity contribution in [3.8, 4) is 0 Å². The second-order valence-corrected chi connectivity index (χ2v) is 5.53. The zero-order valence-corrected chi connectivity index (χ0v) is 13.3. The van der Waals surface area contributed by atoms with E-state index in [9.17, 15) is 4.79 Å². The Balaban J connectivity index is 0.00000162. The lowest BCUT2D eigenvalue weighted by atomic mass is 10.1. The summed E-state index contributed by atoms with van der Waals surface area (Å²) in [6.07, 6.45) is 2.21. The number of halogens is 2. The zero-order valence-electron chi connectivity index (χ0n) is 10.3. The molecule has 0 radical (unpaired) electrons. The quantitative estimate of drug-likeness (QED) is 0.774. The molecular formula is C13H18ClIN2O. The van der Waals surface area contributed by atoms with Gasteiger partial charge < -0.3 is 10.6 Å². The van der Waals surface area contributed by atoms with Crippen LogP contribution in [-0.2, 0) is 0 Å². The van der Waals surface area contributed by atoms with E-state index in [0.29, 0.717) is 0 Å². The summed E-state index contributed by atoms with van der Waals surface area (Å²) < 4.78 is 1.05. The highest BCUT2D eigenvalue weighted by Gasteiger charge is 2.18. The molecule has 2 rings (SSSR count). The number of nitrogens with one attached hydrogen (secondary N) is 2. The summed E-state index contributed by atoms with van der Waals surface area (Å²) in [5, 5.41) is 6.40. The summed E-state index contributed by atoms with van der Waals surface area (Å²) in [5.41, 5.74) is 1.94. The highest BCUT2D eigenvalue weighted by Crippen LogP contribution is 2.17. The van der Waals surface area contributed by atoms with Crippen LogP contribution < -0.4 is 10.6 Å². The number of aryl methyl sites for hydroxylation is 1. The predicted octanol–water partition coefficient (Wildman–Crippen LogP) is 2.50. The van der Waals surface area contributed by atoms with E-state index >= 15 is 0 Å². The number of hydrogen-bond acceptors (Lipinski definition) is 2. The van der Waals surface area contributed by atoms with Crippen LogP contribution in [0.15, 0.2) is 18.2 Å². The Hall–Kier alpha value is -0.330. The minimum atomic E-state index is 0. The van der Waals surface area contributed by atoms with Crippen molar-refractivity contribution in [3.05, 3.63) is 32.9 Å². The van der Waals surface area contributed by atoms with Crippen molar-refractivity contribution in [1.82, 2.24) is 10.6 Å². The van der Waals surface area contributed by atoms with E-state index in [1.807, 2.05) is 25.1 Å². The van der Waals surface area contributed by atoms with Gasteiger partial charge in [0, 0.05) is 16.2 Å². The number of rotatable bonds is 2. The lowest BCUT2D eigenvalue weighted by Crippen LogP contribution is -2.45. The van der Waals surface area contributed by atoms with Gasteiger partial charge in [-0.25, -0.2) is 0 Å². The van der Waals surface area contributed by atoms with Gasteiger partial charge in [0.05, 0.1) is 5.56 Å². The van der Waals surface area contributed by atoms with Gasteiger partial charge in [-0.3, -0.25) is 4.79 Å². The molecule has 1 aliphatic heterocycles. The number of carbonyl (C=O) groups excluding carboxylic acids is 1. The SMILES string of the molecule is Cc1cccc(C(=O)NC2CCCNC2)c1I.Cl. The van der Waals surface area contributed by atoms with Crippen LogP contribution in [0.4, 0.5) is 0 Å². The third kappa shape index (κ3) is 3.83. The van der Waals surface area contributed by atoms with E-state index < -0.39 is 0 Å². The number of hydrogen-bond donors (Lipinski definition) is 2. The number of benzene rings is 1. The minimum Gasteiger partial charge on any atom is -0.348 e. The third-order valence-corrected chi connectivity index (χ3v) is 4.50. The number of piperidine rings is 1. The average Bonchev–Trinajstić information content (AvgIpc) is 2.34. The molecule has 0 spiro atoms. The van der Waals surface area contributed by atoms with Gasteiger partial charge in [0.15, 0.2) is 0 Å². The van der Waals surface area contributed by atoms with E-state index in [-0.39, 0.29) is 24.4 Å². The maximum Gasteiger partial charge on any atom is 0.252 e. The summed E-state index contributed by atoms with van der Waals surface area (Å²) in [7, 11) is 0.